The van der Waals surface area contributed by atoms with Crippen LogP contribution in [0.2, 0.25) is 0 Å². The maximum atomic E-state index is 12.2. The van der Waals surface area contributed by atoms with Gasteiger partial charge >= 0.3 is 12.0 Å². The minimum atomic E-state index is -1.07. The molecule has 172 valence electrons. The van der Waals surface area contributed by atoms with Crippen LogP contribution in [0.25, 0.3) is 0 Å². The summed E-state index contributed by atoms with van der Waals surface area (Å²) in [4.78, 5) is 23.5. The Labute approximate surface area is 180 Å². The van der Waals surface area contributed by atoms with Crippen molar-refractivity contribution in [1.82, 2.24) is 5.32 Å². The van der Waals surface area contributed by atoms with E-state index in [1.807, 2.05) is 0 Å². The van der Waals surface area contributed by atoms with Gasteiger partial charge in [0.1, 0.15) is 12.2 Å². The van der Waals surface area contributed by atoms with Gasteiger partial charge in [0.25, 0.3) is 0 Å². The zero-order valence-electron chi connectivity index (χ0n) is 17.9. The van der Waals surface area contributed by atoms with Crippen LogP contribution in [0.15, 0.2) is 24.3 Å². The quantitative estimate of drug-likeness (QED) is 0.437. The third-order valence-corrected chi connectivity index (χ3v) is 5.34. The first kappa shape index (κ1) is 23.4. The average Bonchev–Trinajstić information content (AvgIpc) is 3.21. The summed E-state index contributed by atoms with van der Waals surface area (Å²) in [6.07, 6.45) is -2.10. The fourth-order valence-electron chi connectivity index (χ4n) is 3.88. The molecule has 2 aliphatic rings. The molecule has 4 N–H and O–H groups in total. The molecular formula is C21H30N2O8. The third-order valence-electron chi connectivity index (χ3n) is 5.34. The Morgan fingerprint density at radius 2 is 1.94 bits per heavy atom. The summed E-state index contributed by atoms with van der Waals surface area (Å²) in [5.74, 6) is -1.39. The van der Waals surface area contributed by atoms with E-state index in [-0.39, 0.29) is 24.3 Å². The number of ether oxygens (including phenoxy) is 4. The summed E-state index contributed by atoms with van der Waals surface area (Å²) in [6, 6.07) is 6.49. The summed E-state index contributed by atoms with van der Waals surface area (Å²) in [5, 5.41) is 24.9. The van der Waals surface area contributed by atoms with Gasteiger partial charge in [0.15, 0.2) is 12.1 Å². The van der Waals surface area contributed by atoms with E-state index in [1.165, 1.54) is 7.11 Å². The maximum absolute atomic E-state index is 12.2. The number of anilines is 1. The first-order valence-electron chi connectivity index (χ1n) is 10.2. The van der Waals surface area contributed by atoms with Crippen LogP contribution in [-0.4, -0.2) is 72.9 Å². The predicted molar refractivity (Wildman–Crippen MR) is 109 cm³/mol. The van der Waals surface area contributed by atoms with Gasteiger partial charge in [-0.25, -0.2) is 4.79 Å². The van der Waals surface area contributed by atoms with Crippen molar-refractivity contribution in [3.63, 3.8) is 0 Å². The van der Waals surface area contributed by atoms with E-state index in [0.717, 1.165) is 5.56 Å². The molecule has 0 spiro atoms. The lowest BCUT2D eigenvalue weighted by Crippen LogP contribution is -2.41. The van der Waals surface area contributed by atoms with Gasteiger partial charge in [0, 0.05) is 18.2 Å². The second-order valence-corrected chi connectivity index (χ2v) is 8.10. The third kappa shape index (κ3) is 5.92. The van der Waals surface area contributed by atoms with E-state index in [0.29, 0.717) is 18.7 Å². The van der Waals surface area contributed by atoms with Crippen molar-refractivity contribution in [3.8, 4) is 0 Å². The Hall–Kier alpha value is -2.24. The zero-order chi connectivity index (χ0) is 22.6. The monoisotopic (exact) mass is 438 g/mol. The van der Waals surface area contributed by atoms with E-state index in [1.54, 1.807) is 38.1 Å². The second-order valence-electron chi connectivity index (χ2n) is 8.10. The molecule has 0 unspecified atom stereocenters. The molecule has 1 aromatic rings. The first-order valence-corrected chi connectivity index (χ1v) is 10.2. The molecule has 1 aromatic carbocycles. The Balaban J connectivity index is 1.50. The minimum Gasteiger partial charge on any atom is -0.469 e. The molecule has 10 nitrogen and oxygen atoms in total. The van der Waals surface area contributed by atoms with Crippen molar-refractivity contribution in [2.45, 2.75) is 57.1 Å². The van der Waals surface area contributed by atoms with Gasteiger partial charge in [0.05, 0.1) is 26.2 Å². The van der Waals surface area contributed by atoms with Gasteiger partial charge in [-0.15, -0.1) is 0 Å². The molecule has 5 atom stereocenters. The lowest BCUT2D eigenvalue weighted by molar-refractivity contribution is -0.222. The number of benzene rings is 1. The highest BCUT2D eigenvalue weighted by Gasteiger charge is 2.55. The summed E-state index contributed by atoms with van der Waals surface area (Å²) >= 11 is 0. The highest BCUT2D eigenvalue weighted by molar-refractivity contribution is 5.89. The first-order chi connectivity index (χ1) is 14.7. The van der Waals surface area contributed by atoms with Gasteiger partial charge in [-0.2, -0.15) is 0 Å². The molecule has 3 rings (SSSR count). The lowest BCUT2D eigenvalue weighted by Gasteiger charge is -2.28. The number of hydrogen-bond donors (Lipinski definition) is 4. The molecular weight excluding hydrogens is 408 g/mol. The van der Waals surface area contributed by atoms with E-state index < -0.39 is 37.0 Å². The number of aliphatic hydroxyl groups is 2. The number of aliphatic hydroxyl groups excluding tert-OH is 2. The molecule has 2 amide bonds. The number of esters is 1. The SMILES string of the molecule is COC(=O)Cc1ccc(NC(=O)NCC[C@H]2[C@H]3OC(C)(C)O[C@H]3O[C@@H]2[C@H](O)CO)cc1. The molecule has 0 aliphatic carbocycles. The largest absolute Gasteiger partial charge is 0.469 e. The molecule has 10 heteroatoms. The normalized spacial score (nSPS) is 27.4. The maximum Gasteiger partial charge on any atom is 0.319 e. The Morgan fingerprint density at radius 1 is 1.23 bits per heavy atom. The van der Waals surface area contributed by atoms with Crippen LogP contribution in [0, 0.1) is 5.92 Å². The second kappa shape index (κ2) is 9.92. The number of fused-ring (bicyclic) bond motifs is 1. The lowest BCUT2D eigenvalue weighted by atomic mass is 9.91. The highest BCUT2D eigenvalue weighted by atomic mass is 16.8. The topological polar surface area (TPSA) is 136 Å². The smallest absolute Gasteiger partial charge is 0.319 e. The molecule has 2 saturated heterocycles. The number of urea groups is 1. The van der Waals surface area contributed by atoms with Crippen LogP contribution < -0.4 is 10.6 Å². The molecule has 2 heterocycles. The number of carbonyl (C=O) groups excluding carboxylic acids is 2. The van der Waals surface area contributed by atoms with Crippen LogP contribution in [0.4, 0.5) is 10.5 Å². The predicted octanol–water partition coefficient (Wildman–Crippen LogP) is 0.760. The van der Waals surface area contributed by atoms with Gasteiger partial charge in [-0.1, -0.05) is 12.1 Å². The van der Waals surface area contributed by atoms with Crippen molar-refractivity contribution >= 4 is 17.7 Å². The molecule has 0 radical (unpaired) electrons. The number of nitrogens with one attached hydrogen (secondary N) is 2. The van der Waals surface area contributed by atoms with Gasteiger partial charge in [-0.3, -0.25) is 4.79 Å². The van der Waals surface area contributed by atoms with Crippen LogP contribution in [0.1, 0.15) is 25.8 Å². The van der Waals surface area contributed by atoms with Crippen LogP contribution >= 0.6 is 0 Å². The number of hydrogen-bond acceptors (Lipinski definition) is 8. The molecule has 2 aliphatic heterocycles. The van der Waals surface area contributed by atoms with E-state index in [9.17, 15) is 19.8 Å². The van der Waals surface area contributed by atoms with Crippen LogP contribution in [0.5, 0.6) is 0 Å². The van der Waals surface area contributed by atoms with Crippen LogP contribution in [0.3, 0.4) is 0 Å². The summed E-state index contributed by atoms with van der Waals surface area (Å²) in [5.41, 5.74) is 1.36. The van der Waals surface area contributed by atoms with Gasteiger partial charge in [-0.05, 0) is 38.0 Å². The van der Waals surface area contributed by atoms with Crippen molar-refractivity contribution in [3.05, 3.63) is 29.8 Å². The van der Waals surface area contributed by atoms with Gasteiger partial charge in [0.2, 0.25) is 0 Å². The number of amides is 2. The standard InChI is InChI=1S/C21H30N2O8/c1-21(2)30-18-14(17(15(25)11-24)29-19(18)31-21)8-9-22-20(27)23-13-6-4-12(5-7-13)10-16(26)28-3/h4-7,14-15,17-19,24-25H,8-11H2,1-3H3,(H2,22,23,27)/t14-,15-,17+,18-,19-/m1/s1. The van der Waals surface area contributed by atoms with Crippen LogP contribution in [-0.2, 0) is 30.2 Å². The summed E-state index contributed by atoms with van der Waals surface area (Å²) < 4.78 is 22.0. The van der Waals surface area contributed by atoms with E-state index >= 15 is 0 Å². The average molecular weight is 438 g/mol. The van der Waals surface area contributed by atoms with Crippen molar-refractivity contribution in [2.75, 3.05) is 25.6 Å². The molecule has 31 heavy (non-hydrogen) atoms. The van der Waals surface area contributed by atoms with E-state index in [4.69, 9.17) is 14.2 Å². The van der Waals surface area contributed by atoms with E-state index in [2.05, 4.69) is 15.4 Å². The summed E-state index contributed by atoms with van der Waals surface area (Å²) in [7, 11) is 1.33. The minimum absolute atomic E-state index is 0.165. The Bertz CT molecular complexity index is 769. The number of methoxy groups -OCH3 is 1. The summed E-state index contributed by atoms with van der Waals surface area (Å²) in [6.45, 7) is 3.43. The number of rotatable bonds is 8. The fourth-order valence-corrected chi connectivity index (χ4v) is 3.88. The van der Waals surface area contributed by atoms with Crippen molar-refractivity contribution in [1.29, 1.82) is 0 Å². The van der Waals surface area contributed by atoms with Crippen molar-refractivity contribution in [2.24, 2.45) is 5.92 Å². The molecule has 0 bridgehead atoms. The highest BCUT2D eigenvalue weighted by Crippen LogP contribution is 2.42. The Kier molecular flexibility index (Phi) is 7.50. The van der Waals surface area contributed by atoms with Crippen molar-refractivity contribution < 1.29 is 38.7 Å². The molecule has 0 aromatic heterocycles. The Morgan fingerprint density at radius 3 is 2.58 bits per heavy atom. The fraction of sp³-hybridized carbons (Fsp3) is 0.619. The molecule has 2 fully saturated rings. The van der Waals surface area contributed by atoms with Gasteiger partial charge < -0.3 is 39.8 Å². The molecule has 0 saturated carbocycles. The zero-order valence-corrected chi connectivity index (χ0v) is 17.9. The number of carbonyl (C=O) groups is 2.